The summed E-state index contributed by atoms with van der Waals surface area (Å²) in [6.07, 6.45) is 0. The number of esters is 1. The third-order valence-electron chi connectivity index (χ3n) is 2.77. The Labute approximate surface area is 124 Å². The zero-order chi connectivity index (χ0) is 15.9. The van der Waals surface area contributed by atoms with Crippen LogP contribution in [-0.2, 0) is 25.7 Å². The summed E-state index contributed by atoms with van der Waals surface area (Å²) < 4.78 is 10.1. The number of carbonyl (C=O) groups is 2. The number of ether oxygens (including phenoxy) is 2. The molecule has 0 aliphatic heterocycles. The predicted molar refractivity (Wildman–Crippen MR) is 78.3 cm³/mol. The van der Waals surface area contributed by atoms with Crippen molar-refractivity contribution in [3.05, 3.63) is 35.9 Å². The Kier molecular flexibility index (Phi) is 6.33. The number of hydrogen-bond donors (Lipinski definition) is 2. The number of rotatable bonds is 7. The highest BCUT2D eigenvalue weighted by Gasteiger charge is 2.28. The monoisotopic (exact) mass is 294 g/mol. The summed E-state index contributed by atoms with van der Waals surface area (Å²) in [5.74, 6) is -1.01. The highest BCUT2D eigenvalue weighted by Crippen LogP contribution is 2.03. The van der Waals surface area contributed by atoms with E-state index >= 15 is 0 Å². The Morgan fingerprint density at radius 3 is 2.43 bits per heavy atom. The lowest BCUT2D eigenvalue weighted by Crippen LogP contribution is -2.55. The Hall–Kier alpha value is -1.92. The fourth-order valence-corrected chi connectivity index (χ4v) is 1.52. The SMILES string of the molecule is COC(=O)[C@H](COCc1ccccc1)NC(=O)C(C)(C)N. The first kappa shape index (κ1) is 17.1. The smallest absolute Gasteiger partial charge is 0.330 e. The van der Waals surface area contributed by atoms with E-state index in [2.05, 4.69) is 10.1 Å². The molecule has 0 aromatic heterocycles. The molecule has 3 N–H and O–H groups in total. The molecule has 0 fully saturated rings. The molecule has 0 radical (unpaired) electrons. The second-order valence-corrected chi connectivity index (χ2v) is 5.27. The van der Waals surface area contributed by atoms with Crippen molar-refractivity contribution in [3.8, 4) is 0 Å². The van der Waals surface area contributed by atoms with Gasteiger partial charge < -0.3 is 20.5 Å². The van der Waals surface area contributed by atoms with E-state index in [1.807, 2.05) is 30.3 Å². The van der Waals surface area contributed by atoms with Gasteiger partial charge in [0.25, 0.3) is 0 Å². The summed E-state index contributed by atoms with van der Waals surface area (Å²) in [5, 5.41) is 2.53. The number of nitrogens with one attached hydrogen (secondary N) is 1. The number of methoxy groups -OCH3 is 1. The van der Waals surface area contributed by atoms with E-state index in [0.717, 1.165) is 5.56 Å². The molecule has 1 rings (SSSR count). The Balaban J connectivity index is 2.55. The molecule has 1 aromatic carbocycles. The lowest BCUT2D eigenvalue weighted by Gasteiger charge is -2.22. The van der Waals surface area contributed by atoms with Crippen molar-refractivity contribution in [2.45, 2.75) is 32.0 Å². The van der Waals surface area contributed by atoms with E-state index in [4.69, 9.17) is 10.5 Å². The van der Waals surface area contributed by atoms with Gasteiger partial charge in [-0.2, -0.15) is 0 Å². The van der Waals surface area contributed by atoms with Crippen LogP contribution in [0.2, 0.25) is 0 Å². The van der Waals surface area contributed by atoms with Crippen molar-refractivity contribution in [2.24, 2.45) is 5.73 Å². The van der Waals surface area contributed by atoms with Crippen LogP contribution in [0.15, 0.2) is 30.3 Å². The van der Waals surface area contributed by atoms with Gasteiger partial charge in [-0.3, -0.25) is 4.79 Å². The van der Waals surface area contributed by atoms with Gasteiger partial charge in [0.15, 0.2) is 6.04 Å². The first-order valence-electron chi connectivity index (χ1n) is 6.64. The standard InChI is InChI=1S/C15H22N2O4/c1-15(2,16)14(19)17-12(13(18)20-3)10-21-9-11-7-5-4-6-8-11/h4-8,12H,9-10,16H2,1-3H3,(H,17,19)/t12-/m0/s1. The Bertz CT molecular complexity index is 468. The van der Waals surface area contributed by atoms with Gasteiger partial charge in [-0.15, -0.1) is 0 Å². The molecule has 0 spiro atoms. The van der Waals surface area contributed by atoms with E-state index in [1.165, 1.54) is 7.11 Å². The molecule has 1 amide bonds. The van der Waals surface area contributed by atoms with Gasteiger partial charge in [-0.05, 0) is 19.4 Å². The van der Waals surface area contributed by atoms with Crippen LogP contribution in [0.5, 0.6) is 0 Å². The molecule has 6 heteroatoms. The molecule has 0 aliphatic rings. The van der Waals surface area contributed by atoms with E-state index in [9.17, 15) is 9.59 Å². The molecule has 0 saturated heterocycles. The number of nitrogens with two attached hydrogens (primary N) is 1. The summed E-state index contributed by atoms with van der Waals surface area (Å²) in [6, 6.07) is 8.65. The van der Waals surface area contributed by atoms with Crippen LogP contribution in [0.1, 0.15) is 19.4 Å². The van der Waals surface area contributed by atoms with Crippen molar-refractivity contribution in [1.29, 1.82) is 0 Å². The normalized spacial score (nSPS) is 12.6. The maximum absolute atomic E-state index is 11.8. The highest BCUT2D eigenvalue weighted by atomic mass is 16.5. The second kappa shape index (κ2) is 7.75. The van der Waals surface area contributed by atoms with Crippen molar-refractivity contribution in [2.75, 3.05) is 13.7 Å². The zero-order valence-corrected chi connectivity index (χ0v) is 12.6. The zero-order valence-electron chi connectivity index (χ0n) is 12.6. The number of hydrogen-bond acceptors (Lipinski definition) is 5. The molecule has 0 heterocycles. The summed E-state index contributed by atoms with van der Waals surface area (Å²) in [6.45, 7) is 3.47. The van der Waals surface area contributed by atoms with Crippen LogP contribution in [0.4, 0.5) is 0 Å². The molecule has 1 aromatic rings. The first-order valence-corrected chi connectivity index (χ1v) is 6.64. The van der Waals surface area contributed by atoms with E-state index < -0.39 is 23.5 Å². The van der Waals surface area contributed by atoms with Gasteiger partial charge >= 0.3 is 5.97 Å². The maximum Gasteiger partial charge on any atom is 0.330 e. The molecular weight excluding hydrogens is 272 g/mol. The molecule has 0 saturated carbocycles. The topological polar surface area (TPSA) is 90.6 Å². The van der Waals surface area contributed by atoms with E-state index in [0.29, 0.717) is 6.61 Å². The van der Waals surface area contributed by atoms with E-state index in [1.54, 1.807) is 13.8 Å². The average Bonchev–Trinajstić information content (AvgIpc) is 2.45. The lowest BCUT2D eigenvalue weighted by molar-refractivity contribution is -0.147. The summed E-state index contributed by atoms with van der Waals surface area (Å²) in [7, 11) is 1.26. The van der Waals surface area contributed by atoms with Crippen LogP contribution in [-0.4, -0.2) is 37.2 Å². The summed E-state index contributed by atoms with van der Waals surface area (Å²) in [4.78, 5) is 23.5. The minimum absolute atomic E-state index is 0.0172. The third kappa shape index (κ3) is 5.93. The quantitative estimate of drug-likeness (QED) is 0.719. The fourth-order valence-electron chi connectivity index (χ4n) is 1.52. The van der Waals surface area contributed by atoms with Gasteiger partial charge in [0.2, 0.25) is 5.91 Å². The molecule has 0 aliphatic carbocycles. The molecule has 21 heavy (non-hydrogen) atoms. The molecular formula is C15H22N2O4. The molecule has 0 bridgehead atoms. The molecule has 116 valence electrons. The number of carbonyl (C=O) groups excluding carboxylic acids is 2. The van der Waals surface area contributed by atoms with Gasteiger partial charge in [0.1, 0.15) is 0 Å². The van der Waals surface area contributed by atoms with Crippen LogP contribution >= 0.6 is 0 Å². The van der Waals surface area contributed by atoms with Crippen LogP contribution in [0.3, 0.4) is 0 Å². The highest BCUT2D eigenvalue weighted by molar-refractivity contribution is 5.89. The second-order valence-electron chi connectivity index (χ2n) is 5.27. The summed E-state index contributed by atoms with van der Waals surface area (Å²) in [5.41, 5.74) is 5.58. The molecule has 6 nitrogen and oxygen atoms in total. The molecule has 0 unspecified atom stereocenters. The number of benzene rings is 1. The van der Waals surface area contributed by atoms with Gasteiger partial charge in [-0.25, -0.2) is 4.79 Å². The van der Waals surface area contributed by atoms with Crippen LogP contribution in [0.25, 0.3) is 0 Å². The average molecular weight is 294 g/mol. The van der Waals surface area contributed by atoms with Crippen LogP contribution in [0, 0.1) is 0 Å². The minimum atomic E-state index is -1.08. The minimum Gasteiger partial charge on any atom is -0.467 e. The van der Waals surface area contributed by atoms with Crippen molar-refractivity contribution >= 4 is 11.9 Å². The first-order chi connectivity index (χ1) is 9.84. The fraction of sp³-hybridized carbons (Fsp3) is 0.467. The van der Waals surface area contributed by atoms with Crippen molar-refractivity contribution < 1.29 is 19.1 Å². The predicted octanol–water partition coefficient (Wildman–Crippen LogP) is 0.598. The maximum atomic E-state index is 11.8. The van der Waals surface area contributed by atoms with Gasteiger partial charge in [0.05, 0.1) is 25.9 Å². The summed E-state index contributed by atoms with van der Waals surface area (Å²) >= 11 is 0. The van der Waals surface area contributed by atoms with Gasteiger partial charge in [0, 0.05) is 0 Å². The van der Waals surface area contributed by atoms with E-state index in [-0.39, 0.29) is 6.61 Å². The number of amides is 1. The Morgan fingerprint density at radius 1 is 1.29 bits per heavy atom. The molecule has 1 atom stereocenters. The third-order valence-corrected chi connectivity index (χ3v) is 2.77. The van der Waals surface area contributed by atoms with Gasteiger partial charge in [-0.1, -0.05) is 30.3 Å². The Morgan fingerprint density at radius 2 is 1.90 bits per heavy atom. The van der Waals surface area contributed by atoms with Crippen molar-refractivity contribution in [1.82, 2.24) is 5.32 Å². The lowest BCUT2D eigenvalue weighted by atomic mass is 10.1. The van der Waals surface area contributed by atoms with Crippen LogP contribution < -0.4 is 11.1 Å². The van der Waals surface area contributed by atoms with Crippen molar-refractivity contribution in [3.63, 3.8) is 0 Å². The largest absolute Gasteiger partial charge is 0.467 e.